The van der Waals surface area contributed by atoms with Crippen LogP contribution in [0.4, 0.5) is 11.4 Å². The van der Waals surface area contributed by atoms with Gasteiger partial charge in [0, 0.05) is 12.7 Å². The van der Waals surface area contributed by atoms with Crippen molar-refractivity contribution in [1.29, 1.82) is 0 Å². The molecule has 0 aliphatic rings. The van der Waals surface area contributed by atoms with Gasteiger partial charge in [0.15, 0.2) is 6.61 Å². The fourth-order valence-electron chi connectivity index (χ4n) is 3.02. The number of nitrogens with zero attached hydrogens (tertiary/aromatic N) is 2. The quantitative estimate of drug-likeness (QED) is 0.627. The number of hydrogen-bond donors (Lipinski definition) is 1. The van der Waals surface area contributed by atoms with Crippen LogP contribution < -0.4 is 20.3 Å². The number of likely N-dealkylation sites (N-methyl/N-ethyl adjacent to an activating group) is 1. The van der Waals surface area contributed by atoms with E-state index in [0.717, 1.165) is 11.3 Å². The first-order chi connectivity index (χ1) is 14.6. The number of rotatable bonds is 8. The zero-order chi connectivity index (χ0) is 21.3. The molecule has 2 N–H and O–H groups in total. The van der Waals surface area contributed by atoms with E-state index in [9.17, 15) is 9.59 Å². The van der Waals surface area contributed by atoms with Gasteiger partial charge >= 0.3 is 0 Å². The molecule has 3 aromatic carbocycles. The van der Waals surface area contributed by atoms with E-state index in [4.69, 9.17) is 10.5 Å². The summed E-state index contributed by atoms with van der Waals surface area (Å²) in [4.78, 5) is 28.3. The van der Waals surface area contributed by atoms with Gasteiger partial charge in [-0.05, 0) is 29.8 Å². The molecule has 2 amide bonds. The van der Waals surface area contributed by atoms with Gasteiger partial charge in [-0.15, -0.1) is 0 Å². The first-order valence-corrected chi connectivity index (χ1v) is 9.68. The second kappa shape index (κ2) is 10.2. The van der Waals surface area contributed by atoms with Gasteiger partial charge in [0.1, 0.15) is 5.75 Å². The average Bonchev–Trinajstić information content (AvgIpc) is 2.81. The summed E-state index contributed by atoms with van der Waals surface area (Å²) in [6.07, 6.45) is 0. The van der Waals surface area contributed by atoms with Crippen molar-refractivity contribution < 1.29 is 14.3 Å². The van der Waals surface area contributed by atoms with Crippen molar-refractivity contribution in [2.75, 3.05) is 30.0 Å². The number of nitrogens with two attached hydrogens (primary N) is 1. The fourth-order valence-corrected chi connectivity index (χ4v) is 3.02. The molecule has 3 aromatic rings. The lowest BCUT2D eigenvalue weighted by atomic mass is 10.2. The molecule has 3 rings (SSSR count). The van der Waals surface area contributed by atoms with Gasteiger partial charge in [0.2, 0.25) is 5.91 Å². The van der Waals surface area contributed by atoms with E-state index in [1.165, 1.54) is 4.90 Å². The van der Waals surface area contributed by atoms with Crippen LogP contribution in [0.25, 0.3) is 0 Å². The Morgan fingerprint density at radius 3 is 2.10 bits per heavy atom. The molecule has 0 heterocycles. The van der Waals surface area contributed by atoms with Crippen molar-refractivity contribution in [2.45, 2.75) is 6.54 Å². The molecule has 154 valence electrons. The Labute approximate surface area is 176 Å². The standard InChI is InChI=1S/C24H25N3O3/c1-26(20-12-6-3-7-13-20)24(29)18-30-22-15-9-8-14-21(22)27(23(28)16-25)17-19-10-4-2-5-11-19/h2-15H,16-18,25H2,1H3. The molecule has 0 spiro atoms. The summed E-state index contributed by atoms with van der Waals surface area (Å²) in [7, 11) is 1.70. The minimum Gasteiger partial charge on any atom is -0.482 e. The highest BCUT2D eigenvalue weighted by molar-refractivity contribution is 5.96. The average molecular weight is 403 g/mol. The van der Waals surface area contributed by atoms with Crippen LogP contribution in [0.15, 0.2) is 84.9 Å². The highest BCUT2D eigenvalue weighted by Gasteiger charge is 2.20. The number of ether oxygens (including phenoxy) is 1. The highest BCUT2D eigenvalue weighted by atomic mass is 16.5. The maximum atomic E-state index is 12.6. The van der Waals surface area contributed by atoms with E-state index in [1.807, 2.05) is 66.7 Å². The Hall–Kier alpha value is -3.64. The molecule has 6 heteroatoms. The van der Waals surface area contributed by atoms with E-state index >= 15 is 0 Å². The number of benzene rings is 3. The molecule has 0 aromatic heterocycles. The molecule has 0 saturated carbocycles. The van der Waals surface area contributed by atoms with Crippen molar-refractivity contribution in [3.63, 3.8) is 0 Å². The smallest absolute Gasteiger partial charge is 0.264 e. The monoisotopic (exact) mass is 403 g/mol. The molecule has 0 unspecified atom stereocenters. The van der Waals surface area contributed by atoms with Crippen molar-refractivity contribution >= 4 is 23.2 Å². The zero-order valence-electron chi connectivity index (χ0n) is 16.9. The second-order valence-corrected chi connectivity index (χ2v) is 6.71. The zero-order valence-corrected chi connectivity index (χ0v) is 16.9. The SMILES string of the molecule is CN(C(=O)COc1ccccc1N(Cc1ccccc1)C(=O)CN)c1ccccc1. The van der Waals surface area contributed by atoms with E-state index in [0.29, 0.717) is 18.0 Å². The van der Waals surface area contributed by atoms with Crippen LogP contribution >= 0.6 is 0 Å². The van der Waals surface area contributed by atoms with Crippen LogP contribution in [0.3, 0.4) is 0 Å². The Bertz CT molecular complexity index is 977. The summed E-state index contributed by atoms with van der Waals surface area (Å²) in [5.74, 6) is 0.0171. The minimum absolute atomic E-state index is 0.128. The van der Waals surface area contributed by atoms with Gasteiger partial charge < -0.3 is 20.3 Å². The maximum absolute atomic E-state index is 12.6. The predicted octanol–water partition coefficient (Wildman–Crippen LogP) is 3.22. The minimum atomic E-state index is -0.234. The van der Waals surface area contributed by atoms with Crippen molar-refractivity contribution in [3.05, 3.63) is 90.5 Å². The van der Waals surface area contributed by atoms with Crippen LogP contribution in [0.2, 0.25) is 0 Å². The van der Waals surface area contributed by atoms with Gasteiger partial charge in [0.25, 0.3) is 5.91 Å². The number of carbonyl (C=O) groups is 2. The highest BCUT2D eigenvalue weighted by Crippen LogP contribution is 2.29. The summed E-state index contributed by atoms with van der Waals surface area (Å²) in [5, 5.41) is 0. The van der Waals surface area contributed by atoms with Crippen LogP contribution in [-0.2, 0) is 16.1 Å². The lowest BCUT2D eigenvalue weighted by Gasteiger charge is -2.25. The third-order valence-corrected chi connectivity index (χ3v) is 4.68. The first-order valence-electron chi connectivity index (χ1n) is 9.68. The van der Waals surface area contributed by atoms with E-state index in [1.54, 1.807) is 30.1 Å². The van der Waals surface area contributed by atoms with E-state index < -0.39 is 0 Å². The summed E-state index contributed by atoms with van der Waals surface area (Å²) in [6, 6.07) is 26.1. The van der Waals surface area contributed by atoms with Crippen molar-refractivity contribution in [1.82, 2.24) is 0 Å². The third-order valence-electron chi connectivity index (χ3n) is 4.68. The second-order valence-electron chi connectivity index (χ2n) is 6.71. The molecule has 6 nitrogen and oxygen atoms in total. The number of amides is 2. The van der Waals surface area contributed by atoms with Gasteiger partial charge in [-0.2, -0.15) is 0 Å². The van der Waals surface area contributed by atoms with Gasteiger partial charge in [0.05, 0.1) is 18.8 Å². The number of hydrogen-bond acceptors (Lipinski definition) is 4. The van der Waals surface area contributed by atoms with Gasteiger partial charge in [-0.25, -0.2) is 0 Å². The molecule has 0 atom stereocenters. The van der Waals surface area contributed by atoms with Crippen LogP contribution in [0.1, 0.15) is 5.56 Å². The Morgan fingerprint density at radius 1 is 0.833 bits per heavy atom. The van der Waals surface area contributed by atoms with E-state index in [-0.39, 0.29) is 25.0 Å². The summed E-state index contributed by atoms with van der Waals surface area (Å²) >= 11 is 0. The van der Waals surface area contributed by atoms with E-state index in [2.05, 4.69) is 0 Å². The molecule has 0 radical (unpaired) electrons. The largest absolute Gasteiger partial charge is 0.482 e. The molecule has 0 bridgehead atoms. The molecule has 0 aliphatic heterocycles. The van der Waals surface area contributed by atoms with Gasteiger partial charge in [-0.3, -0.25) is 9.59 Å². The third kappa shape index (κ3) is 5.24. The Balaban J connectivity index is 1.78. The summed E-state index contributed by atoms with van der Waals surface area (Å²) < 4.78 is 5.83. The Morgan fingerprint density at radius 2 is 1.43 bits per heavy atom. The summed E-state index contributed by atoms with van der Waals surface area (Å²) in [6.45, 7) is 0.0738. The summed E-state index contributed by atoms with van der Waals surface area (Å²) in [5.41, 5.74) is 7.97. The lowest BCUT2D eigenvalue weighted by molar-refractivity contribution is -0.120. The molecular formula is C24H25N3O3. The Kier molecular flexibility index (Phi) is 7.19. The first kappa shape index (κ1) is 21.1. The number of para-hydroxylation sites is 3. The number of anilines is 2. The lowest BCUT2D eigenvalue weighted by Crippen LogP contribution is -2.36. The van der Waals surface area contributed by atoms with Crippen LogP contribution in [0.5, 0.6) is 5.75 Å². The van der Waals surface area contributed by atoms with Crippen LogP contribution in [0, 0.1) is 0 Å². The molecule has 0 saturated heterocycles. The topological polar surface area (TPSA) is 75.9 Å². The molecule has 30 heavy (non-hydrogen) atoms. The van der Waals surface area contributed by atoms with Gasteiger partial charge in [-0.1, -0.05) is 60.7 Å². The van der Waals surface area contributed by atoms with Crippen molar-refractivity contribution in [2.24, 2.45) is 5.73 Å². The number of carbonyl (C=O) groups excluding carboxylic acids is 2. The molecule has 0 aliphatic carbocycles. The molecular weight excluding hydrogens is 378 g/mol. The normalized spacial score (nSPS) is 10.3. The van der Waals surface area contributed by atoms with Crippen molar-refractivity contribution in [3.8, 4) is 5.75 Å². The predicted molar refractivity (Wildman–Crippen MR) is 118 cm³/mol. The van der Waals surface area contributed by atoms with Crippen LogP contribution in [-0.4, -0.2) is 32.0 Å². The molecule has 0 fully saturated rings. The maximum Gasteiger partial charge on any atom is 0.264 e. The fraction of sp³-hybridized carbons (Fsp3) is 0.167.